The Hall–Kier alpha value is -1.89. The molecule has 1 aromatic rings. The number of carboxylic acid groups (broad SMARTS) is 1. The quantitative estimate of drug-likeness (QED) is 0.624. The fraction of sp³-hybridized carbons (Fsp3) is 0.471. The van der Waals surface area contributed by atoms with Gasteiger partial charge in [0.25, 0.3) is 0 Å². The van der Waals surface area contributed by atoms with Gasteiger partial charge in [-0.05, 0) is 30.0 Å². The van der Waals surface area contributed by atoms with Crippen molar-refractivity contribution in [2.75, 3.05) is 0 Å². The first-order chi connectivity index (χ1) is 11.2. The Balaban J connectivity index is 2.80. The van der Waals surface area contributed by atoms with E-state index in [-0.39, 0.29) is 18.2 Å². The number of carbonyl (C=O) groups is 3. The molecule has 0 unspecified atom stereocenters. The van der Waals surface area contributed by atoms with Crippen molar-refractivity contribution in [3.05, 3.63) is 34.3 Å². The van der Waals surface area contributed by atoms with Crippen LogP contribution < -0.4 is 10.6 Å². The first-order valence-corrected chi connectivity index (χ1v) is 8.53. The average molecular weight is 399 g/mol. The standard InChI is InChI=1S/C17H23BrN2O4/c1-10(2)8-14(19-11(3)21)16(22)20-15(17(23)24)9-12-4-6-13(18)7-5-12/h4-7,10,14-15H,8-9H2,1-3H3,(H,19,21)(H,20,22)(H,23,24)/t14-,15-/m0/s1. The fourth-order valence-electron chi connectivity index (χ4n) is 2.28. The van der Waals surface area contributed by atoms with Crippen LogP contribution in [0.4, 0.5) is 0 Å². The number of rotatable bonds is 8. The lowest BCUT2D eigenvalue weighted by molar-refractivity contribution is -0.142. The van der Waals surface area contributed by atoms with E-state index in [4.69, 9.17) is 0 Å². The van der Waals surface area contributed by atoms with Crippen LogP contribution in [0.5, 0.6) is 0 Å². The Kier molecular flexibility index (Phi) is 7.91. The van der Waals surface area contributed by atoms with Crippen molar-refractivity contribution in [1.82, 2.24) is 10.6 Å². The van der Waals surface area contributed by atoms with E-state index in [9.17, 15) is 19.5 Å². The fourth-order valence-corrected chi connectivity index (χ4v) is 2.54. The van der Waals surface area contributed by atoms with E-state index in [0.717, 1.165) is 10.0 Å². The molecule has 1 aromatic carbocycles. The number of aliphatic carboxylic acids is 1. The van der Waals surface area contributed by atoms with Gasteiger partial charge in [-0.2, -0.15) is 0 Å². The highest BCUT2D eigenvalue weighted by Crippen LogP contribution is 2.12. The predicted molar refractivity (Wildman–Crippen MR) is 94.5 cm³/mol. The van der Waals surface area contributed by atoms with Gasteiger partial charge in [-0.1, -0.05) is 41.9 Å². The van der Waals surface area contributed by atoms with Crippen LogP contribution in [0.2, 0.25) is 0 Å². The summed E-state index contributed by atoms with van der Waals surface area (Å²) in [4.78, 5) is 35.1. The summed E-state index contributed by atoms with van der Waals surface area (Å²) in [6, 6.07) is 5.43. The van der Waals surface area contributed by atoms with E-state index in [0.29, 0.717) is 6.42 Å². The molecule has 0 bridgehead atoms. The second-order valence-corrected chi connectivity index (χ2v) is 7.03. The summed E-state index contributed by atoms with van der Waals surface area (Å²) in [6.07, 6.45) is 0.610. The van der Waals surface area contributed by atoms with Crippen LogP contribution in [0, 0.1) is 5.92 Å². The summed E-state index contributed by atoms with van der Waals surface area (Å²) >= 11 is 3.32. The third-order valence-corrected chi connectivity index (χ3v) is 3.90. The van der Waals surface area contributed by atoms with Gasteiger partial charge in [0.05, 0.1) is 0 Å². The first kappa shape index (κ1) is 20.2. The van der Waals surface area contributed by atoms with Crippen molar-refractivity contribution in [2.24, 2.45) is 5.92 Å². The Labute approximate surface area is 150 Å². The lowest BCUT2D eigenvalue weighted by Crippen LogP contribution is -2.52. The molecule has 3 N–H and O–H groups in total. The second kappa shape index (κ2) is 9.42. The molecule has 0 aliphatic rings. The molecular formula is C17H23BrN2O4. The summed E-state index contributed by atoms with van der Waals surface area (Å²) in [5.41, 5.74) is 0.797. The molecule has 24 heavy (non-hydrogen) atoms. The molecule has 0 saturated carbocycles. The molecule has 2 atom stereocenters. The van der Waals surface area contributed by atoms with Gasteiger partial charge in [-0.25, -0.2) is 4.79 Å². The number of carbonyl (C=O) groups excluding carboxylic acids is 2. The number of amides is 2. The SMILES string of the molecule is CC(=O)N[C@@H](CC(C)C)C(=O)N[C@@H](Cc1ccc(Br)cc1)C(=O)O. The molecular weight excluding hydrogens is 376 g/mol. The maximum absolute atomic E-state index is 12.4. The number of halogens is 1. The highest BCUT2D eigenvalue weighted by molar-refractivity contribution is 9.10. The second-order valence-electron chi connectivity index (χ2n) is 6.11. The topological polar surface area (TPSA) is 95.5 Å². The van der Waals surface area contributed by atoms with Crippen LogP contribution in [0.3, 0.4) is 0 Å². The summed E-state index contributed by atoms with van der Waals surface area (Å²) in [5.74, 6) is -1.74. The van der Waals surface area contributed by atoms with E-state index < -0.39 is 24.0 Å². The zero-order valence-corrected chi connectivity index (χ0v) is 15.6. The van der Waals surface area contributed by atoms with E-state index >= 15 is 0 Å². The Bertz CT molecular complexity index is 587. The van der Waals surface area contributed by atoms with Gasteiger partial charge in [0.2, 0.25) is 11.8 Å². The molecule has 0 aliphatic carbocycles. The number of nitrogens with one attached hydrogen (secondary N) is 2. The van der Waals surface area contributed by atoms with Crippen LogP contribution in [0.25, 0.3) is 0 Å². The normalized spacial score (nSPS) is 13.2. The zero-order chi connectivity index (χ0) is 18.3. The predicted octanol–water partition coefficient (Wildman–Crippen LogP) is 2.11. The number of hydrogen-bond donors (Lipinski definition) is 3. The van der Waals surface area contributed by atoms with Crippen molar-refractivity contribution in [3.63, 3.8) is 0 Å². The van der Waals surface area contributed by atoms with Crippen LogP contribution >= 0.6 is 15.9 Å². The van der Waals surface area contributed by atoms with Gasteiger partial charge in [0.15, 0.2) is 0 Å². The number of carboxylic acids is 1. The molecule has 1 rings (SSSR count). The highest BCUT2D eigenvalue weighted by atomic mass is 79.9. The van der Waals surface area contributed by atoms with Crippen molar-refractivity contribution in [3.8, 4) is 0 Å². The maximum Gasteiger partial charge on any atom is 0.326 e. The molecule has 6 nitrogen and oxygen atoms in total. The lowest BCUT2D eigenvalue weighted by Gasteiger charge is -2.22. The Morgan fingerprint density at radius 2 is 1.67 bits per heavy atom. The van der Waals surface area contributed by atoms with E-state index in [2.05, 4.69) is 26.6 Å². The average Bonchev–Trinajstić information content (AvgIpc) is 2.46. The Morgan fingerprint density at radius 3 is 2.12 bits per heavy atom. The van der Waals surface area contributed by atoms with E-state index in [1.54, 1.807) is 12.1 Å². The van der Waals surface area contributed by atoms with Crippen LogP contribution in [-0.2, 0) is 20.8 Å². The summed E-state index contributed by atoms with van der Waals surface area (Å²) in [7, 11) is 0. The molecule has 2 amide bonds. The van der Waals surface area contributed by atoms with Gasteiger partial charge in [-0.3, -0.25) is 9.59 Å². The smallest absolute Gasteiger partial charge is 0.326 e. The van der Waals surface area contributed by atoms with Gasteiger partial charge >= 0.3 is 5.97 Å². The summed E-state index contributed by atoms with van der Waals surface area (Å²) in [6.45, 7) is 5.19. The molecule has 0 radical (unpaired) electrons. The summed E-state index contributed by atoms with van der Waals surface area (Å²) < 4.78 is 0.893. The molecule has 0 fully saturated rings. The van der Waals surface area contributed by atoms with Gasteiger partial charge in [0, 0.05) is 17.8 Å². The first-order valence-electron chi connectivity index (χ1n) is 7.73. The van der Waals surface area contributed by atoms with Crippen molar-refractivity contribution >= 4 is 33.7 Å². The third kappa shape index (κ3) is 7.12. The van der Waals surface area contributed by atoms with Gasteiger partial charge in [0.1, 0.15) is 12.1 Å². The number of benzene rings is 1. The van der Waals surface area contributed by atoms with Crippen molar-refractivity contribution in [2.45, 2.75) is 45.7 Å². The molecule has 0 saturated heterocycles. The van der Waals surface area contributed by atoms with Crippen LogP contribution in [-0.4, -0.2) is 35.0 Å². The lowest BCUT2D eigenvalue weighted by atomic mass is 10.0. The van der Waals surface area contributed by atoms with E-state index in [1.807, 2.05) is 26.0 Å². The molecule has 0 aliphatic heterocycles. The van der Waals surface area contributed by atoms with Gasteiger partial charge < -0.3 is 15.7 Å². The minimum Gasteiger partial charge on any atom is -0.480 e. The molecule has 0 aromatic heterocycles. The van der Waals surface area contributed by atoms with Crippen molar-refractivity contribution in [1.29, 1.82) is 0 Å². The largest absolute Gasteiger partial charge is 0.480 e. The third-order valence-electron chi connectivity index (χ3n) is 3.37. The Morgan fingerprint density at radius 1 is 1.08 bits per heavy atom. The number of hydrogen-bond acceptors (Lipinski definition) is 3. The van der Waals surface area contributed by atoms with Crippen LogP contribution in [0.1, 0.15) is 32.8 Å². The molecule has 0 heterocycles. The minimum absolute atomic E-state index is 0.169. The molecule has 132 valence electrons. The van der Waals surface area contributed by atoms with Crippen LogP contribution in [0.15, 0.2) is 28.7 Å². The molecule has 7 heteroatoms. The zero-order valence-electron chi connectivity index (χ0n) is 14.0. The summed E-state index contributed by atoms with van der Waals surface area (Å²) in [5, 5.41) is 14.5. The maximum atomic E-state index is 12.4. The molecule has 0 spiro atoms. The highest BCUT2D eigenvalue weighted by Gasteiger charge is 2.26. The van der Waals surface area contributed by atoms with Gasteiger partial charge in [-0.15, -0.1) is 0 Å². The monoisotopic (exact) mass is 398 g/mol. The van der Waals surface area contributed by atoms with Crippen molar-refractivity contribution < 1.29 is 19.5 Å². The van der Waals surface area contributed by atoms with E-state index in [1.165, 1.54) is 6.92 Å². The minimum atomic E-state index is -1.11.